The van der Waals surface area contributed by atoms with Crippen molar-refractivity contribution in [2.75, 3.05) is 0 Å². The van der Waals surface area contributed by atoms with Gasteiger partial charge in [-0.3, -0.25) is 13.2 Å². The molecule has 0 bridgehead atoms. The van der Waals surface area contributed by atoms with E-state index in [9.17, 15) is 0 Å². The average Bonchev–Trinajstić information content (AvgIpc) is 2.31. The summed E-state index contributed by atoms with van der Waals surface area (Å²) in [4.78, 5) is 0. The summed E-state index contributed by atoms with van der Waals surface area (Å²) in [6.45, 7) is 17.3. The van der Waals surface area contributed by atoms with Gasteiger partial charge in [-0.05, 0) is 25.7 Å². The Balaban J connectivity index is -0.000000218. The number of unbranched alkanes of at least 4 members (excludes halogenated alkanes) is 2. The van der Waals surface area contributed by atoms with Crippen molar-refractivity contribution >= 4 is 0 Å². The summed E-state index contributed by atoms with van der Waals surface area (Å²) < 4.78 is 0. The molecule has 0 aliphatic rings. The minimum Gasteiger partial charge on any atom is -0.293 e. The van der Waals surface area contributed by atoms with Crippen molar-refractivity contribution in [3.63, 3.8) is 0 Å². The van der Waals surface area contributed by atoms with Crippen molar-refractivity contribution in [1.29, 1.82) is 0 Å². The molecule has 0 N–H and O–H groups in total. The maximum atomic E-state index is 5.07. The van der Waals surface area contributed by atoms with Crippen LogP contribution in [-0.4, -0.2) is 0 Å². The van der Waals surface area contributed by atoms with Crippen LogP contribution in [0.4, 0.5) is 0 Å². The minimum atomic E-state index is 0. The SMILES string of the molecule is [CH-]=CC=CCCC=C.[CH-]=CC=CCCC=C.[Ni+2]. The summed E-state index contributed by atoms with van der Waals surface area (Å²) in [7, 11) is 0. The normalized spacial score (nSPS) is 8.94. The Hall–Kier alpha value is -1.07. The smallest absolute Gasteiger partial charge is 0.293 e. The first-order valence-corrected chi connectivity index (χ1v) is 5.45. The molecule has 0 atom stereocenters. The van der Waals surface area contributed by atoms with Gasteiger partial charge < -0.3 is 0 Å². The maximum Gasteiger partial charge on any atom is 2.00 e. The first-order valence-electron chi connectivity index (χ1n) is 5.45. The third-order valence-electron chi connectivity index (χ3n) is 1.57. The van der Waals surface area contributed by atoms with Gasteiger partial charge in [0.25, 0.3) is 0 Å². The van der Waals surface area contributed by atoms with Crippen molar-refractivity contribution in [3.05, 3.63) is 74.9 Å². The summed E-state index contributed by atoms with van der Waals surface area (Å²) in [6.07, 6.45) is 18.7. The van der Waals surface area contributed by atoms with E-state index in [1.807, 2.05) is 36.5 Å². The first kappa shape index (κ1) is 21.2. The van der Waals surface area contributed by atoms with Gasteiger partial charge >= 0.3 is 16.5 Å². The predicted octanol–water partition coefficient (Wildman–Crippen LogP) is 4.99. The van der Waals surface area contributed by atoms with Gasteiger partial charge in [0.2, 0.25) is 0 Å². The molecule has 0 radical (unpaired) electrons. The van der Waals surface area contributed by atoms with Gasteiger partial charge in [0.1, 0.15) is 0 Å². The Morgan fingerprint density at radius 2 is 1.06 bits per heavy atom. The van der Waals surface area contributed by atoms with Gasteiger partial charge in [-0.25, -0.2) is 24.3 Å². The third-order valence-corrected chi connectivity index (χ3v) is 1.57. The number of allylic oxidation sites excluding steroid dienone is 8. The molecule has 0 spiro atoms. The quantitative estimate of drug-likeness (QED) is 0.192. The van der Waals surface area contributed by atoms with Crippen LogP contribution >= 0.6 is 0 Å². The number of rotatable bonds is 8. The summed E-state index contributed by atoms with van der Waals surface area (Å²) in [5.41, 5.74) is 0. The predicted molar refractivity (Wildman–Crippen MR) is 74.9 cm³/mol. The molecule has 0 amide bonds. The molecule has 0 aromatic heterocycles. The molecular weight excluding hydrogens is 251 g/mol. The summed E-state index contributed by atoms with van der Waals surface area (Å²) in [5.74, 6) is 0. The van der Waals surface area contributed by atoms with Crippen LogP contribution in [0.5, 0.6) is 0 Å². The van der Waals surface area contributed by atoms with E-state index in [0.717, 1.165) is 25.7 Å². The van der Waals surface area contributed by atoms with Gasteiger partial charge in [-0.2, -0.15) is 12.2 Å². The van der Waals surface area contributed by atoms with E-state index in [-0.39, 0.29) is 16.5 Å². The van der Waals surface area contributed by atoms with Crippen LogP contribution in [-0.2, 0) is 16.5 Å². The minimum absolute atomic E-state index is 0. The van der Waals surface area contributed by atoms with Crippen molar-refractivity contribution in [1.82, 2.24) is 0 Å². The van der Waals surface area contributed by atoms with Crippen molar-refractivity contribution < 1.29 is 16.5 Å². The summed E-state index contributed by atoms with van der Waals surface area (Å²) in [5, 5.41) is 0. The van der Waals surface area contributed by atoms with E-state index in [1.165, 1.54) is 12.2 Å². The van der Waals surface area contributed by atoms with Crippen LogP contribution in [0, 0.1) is 13.2 Å². The molecule has 96 valence electrons. The molecule has 0 aromatic carbocycles. The molecule has 0 aliphatic carbocycles. The molecule has 1 heteroatoms. The molecule has 17 heavy (non-hydrogen) atoms. The zero-order valence-electron chi connectivity index (χ0n) is 10.3. The van der Waals surface area contributed by atoms with Crippen LogP contribution in [0.3, 0.4) is 0 Å². The Kier molecular flexibility index (Phi) is 30.3. The second-order valence-corrected chi connectivity index (χ2v) is 2.97. The van der Waals surface area contributed by atoms with E-state index >= 15 is 0 Å². The van der Waals surface area contributed by atoms with Gasteiger partial charge in [0, 0.05) is 0 Å². The van der Waals surface area contributed by atoms with Gasteiger partial charge in [-0.1, -0.05) is 12.2 Å². The first-order chi connectivity index (χ1) is 7.83. The molecule has 0 nitrogen and oxygen atoms in total. The fourth-order valence-corrected chi connectivity index (χ4v) is 0.778. The zero-order chi connectivity index (χ0) is 12.5. The molecule has 0 aliphatic heterocycles. The number of hydrogen-bond acceptors (Lipinski definition) is 0. The average molecular weight is 273 g/mol. The molecule has 0 rings (SSSR count). The van der Waals surface area contributed by atoms with Gasteiger partial charge in [0.15, 0.2) is 0 Å². The Morgan fingerprint density at radius 3 is 1.29 bits per heavy atom. The molecular formula is C16H22Ni. The Bertz CT molecular complexity index is 208. The van der Waals surface area contributed by atoms with Crippen LogP contribution in [0.25, 0.3) is 0 Å². The molecule has 0 saturated heterocycles. The van der Waals surface area contributed by atoms with Crippen molar-refractivity contribution in [3.8, 4) is 0 Å². The largest absolute Gasteiger partial charge is 2.00 e. The van der Waals surface area contributed by atoms with E-state index in [2.05, 4.69) is 13.2 Å². The van der Waals surface area contributed by atoms with Crippen LogP contribution < -0.4 is 0 Å². The zero-order valence-corrected chi connectivity index (χ0v) is 11.3. The van der Waals surface area contributed by atoms with E-state index in [0.29, 0.717) is 0 Å². The third kappa shape index (κ3) is 31.3. The summed E-state index contributed by atoms with van der Waals surface area (Å²) >= 11 is 0. The summed E-state index contributed by atoms with van der Waals surface area (Å²) in [6, 6.07) is 0. The van der Waals surface area contributed by atoms with Crippen molar-refractivity contribution in [2.45, 2.75) is 25.7 Å². The Morgan fingerprint density at radius 1 is 0.706 bits per heavy atom. The molecule has 0 fully saturated rings. The maximum absolute atomic E-state index is 5.07. The fraction of sp³-hybridized carbons (Fsp3) is 0.250. The monoisotopic (exact) mass is 272 g/mol. The fourth-order valence-electron chi connectivity index (χ4n) is 0.778. The molecule has 0 aromatic rings. The van der Waals surface area contributed by atoms with E-state index < -0.39 is 0 Å². The molecule has 0 unspecified atom stereocenters. The Labute approximate surface area is 117 Å². The topological polar surface area (TPSA) is 0 Å². The van der Waals surface area contributed by atoms with Crippen LogP contribution in [0.2, 0.25) is 0 Å². The van der Waals surface area contributed by atoms with Crippen molar-refractivity contribution in [2.24, 2.45) is 0 Å². The van der Waals surface area contributed by atoms with E-state index in [1.54, 1.807) is 0 Å². The second kappa shape index (κ2) is 24.3. The van der Waals surface area contributed by atoms with E-state index in [4.69, 9.17) is 13.2 Å². The van der Waals surface area contributed by atoms with Gasteiger partial charge in [0.05, 0.1) is 0 Å². The standard InChI is InChI=1S/2C8H11.Ni/c2*1-3-5-7-8-6-4-2;/h2*1,3-5,7H,2,6,8H2;/q2*-1;+2. The van der Waals surface area contributed by atoms with Gasteiger partial charge in [-0.15, -0.1) is 13.2 Å². The second-order valence-electron chi connectivity index (χ2n) is 2.97. The molecule has 0 saturated carbocycles. The van der Waals surface area contributed by atoms with Crippen LogP contribution in [0.15, 0.2) is 61.8 Å². The van der Waals surface area contributed by atoms with Crippen LogP contribution in [0.1, 0.15) is 25.7 Å². The number of hydrogen-bond donors (Lipinski definition) is 0. The molecule has 0 heterocycles.